The first kappa shape index (κ1) is 11.9. The van der Waals surface area contributed by atoms with Gasteiger partial charge in [0.05, 0.1) is 17.8 Å². The predicted molar refractivity (Wildman–Crippen MR) is 78.1 cm³/mol. The quantitative estimate of drug-likeness (QED) is 0.778. The Morgan fingerprint density at radius 1 is 1.16 bits per heavy atom. The number of fused-ring (bicyclic) bond motifs is 1. The average molecular weight is 251 g/mol. The molecule has 0 spiro atoms. The first-order valence-electron chi connectivity index (χ1n) is 6.48. The van der Waals surface area contributed by atoms with Gasteiger partial charge in [0.2, 0.25) is 0 Å². The van der Waals surface area contributed by atoms with Crippen molar-refractivity contribution in [3.05, 3.63) is 65.9 Å². The molecule has 96 valence electrons. The fraction of sp³-hybridized carbons (Fsp3) is 0.188. The van der Waals surface area contributed by atoms with Gasteiger partial charge < -0.3 is 5.73 Å². The molecule has 0 aliphatic rings. The molecule has 1 heterocycles. The summed E-state index contributed by atoms with van der Waals surface area (Å²) in [5.41, 5.74) is 9.55. The van der Waals surface area contributed by atoms with E-state index in [1.165, 1.54) is 11.1 Å². The summed E-state index contributed by atoms with van der Waals surface area (Å²) in [6, 6.07) is 16.7. The van der Waals surface area contributed by atoms with E-state index in [4.69, 9.17) is 5.73 Å². The van der Waals surface area contributed by atoms with Crippen molar-refractivity contribution in [2.75, 3.05) is 6.54 Å². The Morgan fingerprint density at radius 3 is 2.79 bits per heavy atom. The molecule has 0 saturated heterocycles. The number of para-hydroxylation sites is 1. The Hall–Kier alpha value is -2.13. The van der Waals surface area contributed by atoms with Crippen LogP contribution in [-0.2, 0) is 0 Å². The smallest absolute Gasteiger partial charge is 0.0897 e. The van der Waals surface area contributed by atoms with Gasteiger partial charge in [-0.15, -0.1) is 0 Å². The zero-order chi connectivity index (χ0) is 13.2. The van der Waals surface area contributed by atoms with Crippen molar-refractivity contribution >= 4 is 10.9 Å². The molecule has 0 bridgehead atoms. The lowest BCUT2D eigenvalue weighted by Gasteiger charge is -2.17. The molecule has 3 rings (SSSR count). The Morgan fingerprint density at radius 2 is 2.00 bits per heavy atom. The predicted octanol–water partition coefficient (Wildman–Crippen LogP) is 2.89. The van der Waals surface area contributed by atoms with E-state index in [-0.39, 0.29) is 6.04 Å². The molecule has 0 amide bonds. The zero-order valence-corrected chi connectivity index (χ0v) is 11.0. The van der Waals surface area contributed by atoms with Gasteiger partial charge in [-0.25, -0.2) is 0 Å². The van der Waals surface area contributed by atoms with Gasteiger partial charge in [-0.3, -0.25) is 4.68 Å². The number of benzene rings is 2. The molecule has 1 atom stereocenters. The summed E-state index contributed by atoms with van der Waals surface area (Å²) in [5.74, 6) is 0. The van der Waals surface area contributed by atoms with Crippen LogP contribution >= 0.6 is 0 Å². The Bertz CT molecular complexity index is 700. The van der Waals surface area contributed by atoms with Crippen molar-refractivity contribution in [2.24, 2.45) is 5.73 Å². The van der Waals surface area contributed by atoms with Gasteiger partial charge in [0, 0.05) is 11.9 Å². The van der Waals surface area contributed by atoms with Crippen LogP contribution in [0.4, 0.5) is 0 Å². The Labute approximate surface area is 112 Å². The van der Waals surface area contributed by atoms with Crippen molar-refractivity contribution < 1.29 is 0 Å². The van der Waals surface area contributed by atoms with E-state index in [1.54, 1.807) is 0 Å². The molecular weight excluding hydrogens is 234 g/mol. The summed E-state index contributed by atoms with van der Waals surface area (Å²) in [6.07, 6.45) is 1.90. The monoisotopic (exact) mass is 251 g/mol. The lowest BCUT2D eigenvalue weighted by molar-refractivity contribution is 0.549. The minimum absolute atomic E-state index is 0.0831. The van der Waals surface area contributed by atoms with Crippen LogP contribution in [0.2, 0.25) is 0 Å². The minimum atomic E-state index is 0.0831. The molecule has 2 aromatic carbocycles. The van der Waals surface area contributed by atoms with Gasteiger partial charge in [-0.05, 0) is 18.6 Å². The highest BCUT2D eigenvalue weighted by Crippen LogP contribution is 2.23. The maximum atomic E-state index is 5.98. The molecular formula is C16H17N3. The highest BCUT2D eigenvalue weighted by atomic mass is 15.3. The fourth-order valence-corrected chi connectivity index (χ4v) is 2.49. The second-order valence-electron chi connectivity index (χ2n) is 4.81. The number of hydrogen-bond donors (Lipinski definition) is 1. The van der Waals surface area contributed by atoms with Gasteiger partial charge in [0.1, 0.15) is 0 Å². The summed E-state index contributed by atoms with van der Waals surface area (Å²) in [4.78, 5) is 0. The first-order valence-corrected chi connectivity index (χ1v) is 6.48. The number of hydrogen-bond acceptors (Lipinski definition) is 2. The van der Waals surface area contributed by atoms with Gasteiger partial charge >= 0.3 is 0 Å². The minimum Gasteiger partial charge on any atom is -0.328 e. The summed E-state index contributed by atoms with van der Waals surface area (Å²) in [5, 5.41) is 5.66. The third-order valence-corrected chi connectivity index (χ3v) is 3.45. The fourth-order valence-electron chi connectivity index (χ4n) is 2.49. The van der Waals surface area contributed by atoms with E-state index in [0.717, 1.165) is 10.9 Å². The molecule has 19 heavy (non-hydrogen) atoms. The number of nitrogens with two attached hydrogens (primary N) is 1. The lowest BCUT2D eigenvalue weighted by atomic mass is 10.0. The largest absolute Gasteiger partial charge is 0.328 e. The van der Waals surface area contributed by atoms with Crippen molar-refractivity contribution in [1.82, 2.24) is 9.78 Å². The average Bonchev–Trinajstić information content (AvgIpc) is 2.84. The molecule has 0 saturated carbocycles. The van der Waals surface area contributed by atoms with Crippen LogP contribution in [0.5, 0.6) is 0 Å². The first-order chi connectivity index (χ1) is 9.29. The molecule has 1 aromatic heterocycles. The second kappa shape index (κ2) is 4.86. The third-order valence-electron chi connectivity index (χ3n) is 3.45. The van der Waals surface area contributed by atoms with Crippen LogP contribution in [0.3, 0.4) is 0 Å². The standard InChI is InChI=1S/C16H17N3/c1-12-5-4-7-13(9-12)16(10-17)19-15-8-3-2-6-14(15)11-18-19/h2-9,11,16H,10,17H2,1H3. The van der Waals surface area contributed by atoms with Crippen LogP contribution in [0, 0.1) is 6.92 Å². The molecule has 2 N–H and O–H groups in total. The van der Waals surface area contributed by atoms with Gasteiger partial charge in [-0.2, -0.15) is 5.10 Å². The van der Waals surface area contributed by atoms with Crippen LogP contribution < -0.4 is 5.73 Å². The van der Waals surface area contributed by atoms with E-state index in [2.05, 4.69) is 48.4 Å². The van der Waals surface area contributed by atoms with E-state index < -0.39 is 0 Å². The van der Waals surface area contributed by atoms with Crippen molar-refractivity contribution in [1.29, 1.82) is 0 Å². The van der Waals surface area contributed by atoms with Crippen LogP contribution in [0.1, 0.15) is 17.2 Å². The number of aromatic nitrogens is 2. The van der Waals surface area contributed by atoms with E-state index in [0.29, 0.717) is 6.54 Å². The zero-order valence-electron chi connectivity index (χ0n) is 11.0. The van der Waals surface area contributed by atoms with Crippen molar-refractivity contribution in [3.63, 3.8) is 0 Å². The van der Waals surface area contributed by atoms with Crippen LogP contribution in [0.25, 0.3) is 10.9 Å². The summed E-state index contributed by atoms with van der Waals surface area (Å²) < 4.78 is 2.02. The number of aryl methyl sites for hydroxylation is 1. The van der Waals surface area contributed by atoms with E-state index in [9.17, 15) is 0 Å². The Kier molecular flexibility index (Phi) is 3.05. The number of rotatable bonds is 3. The van der Waals surface area contributed by atoms with Gasteiger partial charge in [0.25, 0.3) is 0 Å². The molecule has 0 fully saturated rings. The van der Waals surface area contributed by atoms with E-state index in [1.807, 2.05) is 23.0 Å². The lowest BCUT2D eigenvalue weighted by Crippen LogP contribution is -2.21. The molecule has 0 aliphatic carbocycles. The molecule has 3 heteroatoms. The highest BCUT2D eigenvalue weighted by molar-refractivity contribution is 5.78. The molecule has 1 unspecified atom stereocenters. The molecule has 0 aliphatic heterocycles. The molecule has 3 aromatic rings. The summed E-state index contributed by atoms with van der Waals surface area (Å²) >= 11 is 0. The third kappa shape index (κ3) is 2.13. The normalized spacial score (nSPS) is 12.7. The second-order valence-corrected chi connectivity index (χ2v) is 4.81. The van der Waals surface area contributed by atoms with Crippen LogP contribution in [0.15, 0.2) is 54.7 Å². The highest BCUT2D eigenvalue weighted by Gasteiger charge is 2.15. The number of nitrogens with zero attached hydrogens (tertiary/aromatic N) is 2. The van der Waals surface area contributed by atoms with Gasteiger partial charge in [-0.1, -0.05) is 48.0 Å². The SMILES string of the molecule is Cc1cccc(C(CN)n2ncc3ccccc32)c1. The Balaban J connectivity index is 2.12. The topological polar surface area (TPSA) is 43.8 Å². The summed E-state index contributed by atoms with van der Waals surface area (Å²) in [7, 11) is 0. The molecule has 3 nitrogen and oxygen atoms in total. The van der Waals surface area contributed by atoms with Crippen LogP contribution in [-0.4, -0.2) is 16.3 Å². The van der Waals surface area contributed by atoms with Gasteiger partial charge in [0.15, 0.2) is 0 Å². The van der Waals surface area contributed by atoms with E-state index >= 15 is 0 Å². The summed E-state index contributed by atoms with van der Waals surface area (Å²) in [6.45, 7) is 2.63. The molecule has 0 radical (unpaired) electrons. The maximum Gasteiger partial charge on any atom is 0.0897 e. The maximum absolute atomic E-state index is 5.98. The van der Waals surface area contributed by atoms with Crippen molar-refractivity contribution in [2.45, 2.75) is 13.0 Å². The van der Waals surface area contributed by atoms with Crippen molar-refractivity contribution in [3.8, 4) is 0 Å².